The zero-order chi connectivity index (χ0) is 19.2. The number of hydrogen-bond acceptors (Lipinski definition) is 4. The quantitative estimate of drug-likeness (QED) is 0.842. The second-order valence-corrected chi connectivity index (χ2v) is 6.49. The van der Waals surface area contributed by atoms with Crippen molar-refractivity contribution in [2.45, 2.75) is 6.54 Å². The molecule has 1 fully saturated rings. The largest absolute Gasteiger partial charge is 0.497 e. The molecule has 1 aliphatic rings. The van der Waals surface area contributed by atoms with Crippen molar-refractivity contribution >= 4 is 11.6 Å². The highest BCUT2D eigenvalue weighted by Gasteiger charge is 2.21. The molecule has 144 valence electrons. The van der Waals surface area contributed by atoms with Crippen LogP contribution in [0.4, 0.5) is 14.5 Å². The van der Waals surface area contributed by atoms with Crippen LogP contribution >= 0.6 is 0 Å². The molecular formula is C20H23F2N3O2. The zero-order valence-electron chi connectivity index (χ0n) is 15.3. The predicted octanol–water partition coefficient (Wildman–Crippen LogP) is 2.41. The van der Waals surface area contributed by atoms with E-state index in [0.717, 1.165) is 17.4 Å². The molecule has 0 aromatic heterocycles. The molecule has 0 unspecified atom stereocenters. The van der Waals surface area contributed by atoms with Gasteiger partial charge in [0.05, 0.1) is 19.3 Å². The number of rotatable bonds is 6. The molecule has 1 aliphatic heterocycles. The first-order chi connectivity index (χ1) is 13.0. The van der Waals surface area contributed by atoms with Gasteiger partial charge in [-0.05, 0) is 29.8 Å². The van der Waals surface area contributed by atoms with Crippen LogP contribution in [0.5, 0.6) is 5.75 Å². The number of carbonyl (C=O) groups is 1. The maximum absolute atomic E-state index is 13.9. The van der Waals surface area contributed by atoms with Gasteiger partial charge in [-0.25, -0.2) is 8.78 Å². The minimum Gasteiger partial charge on any atom is -0.497 e. The number of ether oxygens (including phenoxy) is 1. The van der Waals surface area contributed by atoms with Gasteiger partial charge in [0, 0.05) is 38.8 Å². The summed E-state index contributed by atoms with van der Waals surface area (Å²) in [5.41, 5.74) is 1.37. The van der Waals surface area contributed by atoms with E-state index in [9.17, 15) is 13.6 Å². The second kappa shape index (κ2) is 8.81. The van der Waals surface area contributed by atoms with E-state index in [2.05, 4.69) is 5.32 Å². The van der Waals surface area contributed by atoms with Crippen LogP contribution < -0.4 is 15.0 Å². The summed E-state index contributed by atoms with van der Waals surface area (Å²) in [6.45, 7) is 3.20. The Morgan fingerprint density at radius 3 is 2.59 bits per heavy atom. The molecule has 7 heteroatoms. The average Bonchev–Trinajstić information content (AvgIpc) is 2.67. The Bertz CT molecular complexity index is 793. The lowest BCUT2D eigenvalue weighted by Gasteiger charge is -2.35. The van der Waals surface area contributed by atoms with Gasteiger partial charge in [-0.1, -0.05) is 12.1 Å². The van der Waals surface area contributed by atoms with Gasteiger partial charge in [0.2, 0.25) is 5.91 Å². The van der Waals surface area contributed by atoms with Gasteiger partial charge in [-0.2, -0.15) is 0 Å². The number of hydrogen-bond donors (Lipinski definition) is 1. The van der Waals surface area contributed by atoms with Crippen LogP contribution in [0.2, 0.25) is 0 Å². The van der Waals surface area contributed by atoms with Crippen molar-refractivity contribution in [2.75, 3.05) is 44.7 Å². The summed E-state index contributed by atoms with van der Waals surface area (Å²) in [5, 5.41) is 2.90. The van der Waals surface area contributed by atoms with Crippen molar-refractivity contribution in [2.24, 2.45) is 0 Å². The molecule has 0 spiro atoms. The fourth-order valence-electron chi connectivity index (χ4n) is 3.13. The van der Waals surface area contributed by atoms with Gasteiger partial charge in [0.1, 0.15) is 17.4 Å². The Hall–Kier alpha value is -2.67. The summed E-state index contributed by atoms with van der Waals surface area (Å²) in [6.07, 6.45) is 0. The summed E-state index contributed by atoms with van der Waals surface area (Å²) in [7, 11) is 1.61. The third kappa shape index (κ3) is 5.17. The first-order valence-electron chi connectivity index (χ1n) is 8.87. The summed E-state index contributed by atoms with van der Waals surface area (Å²) in [5.74, 6) is -0.438. The Balaban J connectivity index is 1.45. The number of piperazine rings is 1. The highest BCUT2D eigenvalue weighted by atomic mass is 19.1. The first kappa shape index (κ1) is 19.1. The molecule has 0 aliphatic carbocycles. The zero-order valence-corrected chi connectivity index (χ0v) is 15.3. The number of benzene rings is 2. The molecular weight excluding hydrogens is 352 g/mol. The van der Waals surface area contributed by atoms with E-state index in [1.807, 2.05) is 34.1 Å². The van der Waals surface area contributed by atoms with E-state index in [1.54, 1.807) is 7.11 Å². The Labute approximate surface area is 157 Å². The van der Waals surface area contributed by atoms with Crippen molar-refractivity contribution in [3.8, 4) is 5.75 Å². The molecule has 1 N–H and O–H groups in total. The second-order valence-electron chi connectivity index (χ2n) is 6.49. The molecule has 1 heterocycles. The third-order valence-electron chi connectivity index (χ3n) is 4.61. The monoisotopic (exact) mass is 375 g/mol. The van der Waals surface area contributed by atoms with Gasteiger partial charge < -0.3 is 15.0 Å². The number of nitrogens with one attached hydrogen (secondary N) is 1. The standard InChI is InChI=1S/C20H23F2N3O2/c1-27-17-4-2-3-15(11-17)13-23-20(26)14-24-7-9-25(10-8-24)19-6-5-16(21)12-18(19)22/h2-6,11-12H,7-10,13-14H2,1H3,(H,23,26). The van der Waals surface area contributed by atoms with E-state index >= 15 is 0 Å². The van der Waals surface area contributed by atoms with E-state index in [1.165, 1.54) is 12.1 Å². The maximum Gasteiger partial charge on any atom is 0.234 e. The van der Waals surface area contributed by atoms with Gasteiger partial charge in [0.25, 0.3) is 0 Å². The minimum absolute atomic E-state index is 0.0563. The topological polar surface area (TPSA) is 44.8 Å². The van der Waals surface area contributed by atoms with E-state index in [-0.39, 0.29) is 5.91 Å². The van der Waals surface area contributed by atoms with E-state index < -0.39 is 11.6 Å². The average molecular weight is 375 g/mol. The minimum atomic E-state index is -0.581. The number of amides is 1. The van der Waals surface area contributed by atoms with Gasteiger partial charge in [-0.15, -0.1) is 0 Å². The first-order valence-corrected chi connectivity index (χ1v) is 8.87. The number of methoxy groups -OCH3 is 1. The molecule has 0 bridgehead atoms. The molecule has 0 saturated carbocycles. The van der Waals surface area contributed by atoms with Crippen LogP contribution in [0, 0.1) is 11.6 Å². The number of halogens is 2. The van der Waals surface area contributed by atoms with Gasteiger partial charge in [0.15, 0.2) is 0 Å². The van der Waals surface area contributed by atoms with E-state index in [0.29, 0.717) is 45.0 Å². The molecule has 2 aromatic rings. The molecule has 1 amide bonds. The summed E-state index contributed by atoms with van der Waals surface area (Å²) < 4.78 is 32.1. The molecule has 1 saturated heterocycles. The van der Waals surface area contributed by atoms with Gasteiger partial charge >= 0.3 is 0 Å². The highest BCUT2D eigenvalue weighted by Crippen LogP contribution is 2.21. The van der Waals surface area contributed by atoms with Crippen LogP contribution in [-0.4, -0.2) is 50.6 Å². The fraction of sp³-hybridized carbons (Fsp3) is 0.350. The van der Waals surface area contributed by atoms with Gasteiger partial charge in [-0.3, -0.25) is 9.69 Å². The highest BCUT2D eigenvalue weighted by molar-refractivity contribution is 5.78. The Kier molecular flexibility index (Phi) is 6.24. The van der Waals surface area contributed by atoms with E-state index in [4.69, 9.17) is 4.74 Å². The SMILES string of the molecule is COc1cccc(CNC(=O)CN2CCN(c3ccc(F)cc3F)CC2)c1. The van der Waals surface area contributed by atoms with Crippen molar-refractivity contribution < 1.29 is 18.3 Å². The lowest BCUT2D eigenvalue weighted by molar-refractivity contribution is -0.122. The van der Waals surface area contributed by atoms with Crippen LogP contribution in [0.1, 0.15) is 5.56 Å². The smallest absolute Gasteiger partial charge is 0.234 e. The maximum atomic E-state index is 13.9. The van der Waals surface area contributed by atoms with Crippen LogP contribution in [0.15, 0.2) is 42.5 Å². The number of nitrogens with zero attached hydrogens (tertiary/aromatic N) is 2. The lowest BCUT2D eigenvalue weighted by atomic mass is 10.2. The molecule has 0 atom stereocenters. The Morgan fingerprint density at radius 2 is 1.89 bits per heavy atom. The predicted molar refractivity (Wildman–Crippen MR) is 99.9 cm³/mol. The fourth-order valence-corrected chi connectivity index (χ4v) is 3.13. The molecule has 3 rings (SSSR count). The lowest BCUT2D eigenvalue weighted by Crippen LogP contribution is -2.49. The van der Waals surface area contributed by atoms with Crippen molar-refractivity contribution in [3.63, 3.8) is 0 Å². The summed E-state index contributed by atoms with van der Waals surface area (Å²) in [4.78, 5) is 16.1. The molecule has 2 aromatic carbocycles. The van der Waals surface area contributed by atoms with Crippen molar-refractivity contribution in [1.82, 2.24) is 10.2 Å². The number of carbonyl (C=O) groups excluding carboxylic acids is 1. The molecule has 27 heavy (non-hydrogen) atoms. The van der Waals surface area contributed by atoms with Crippen LogP contribution in [0.3, 0.4) is 0 Å². The summed E-state index contributed by atoms with van der Waals surface area (Å²) >= 11 is 0. The molecule has 0 radical (unpaired) electrons. The van der Waals surface area contributed by atoms with Crippen LogP contribution in [0.25, 0.3) is 0 Å². The molecule has 5 nitrogen and oxygen atoms in total. The normalized spacial score (nSPS) is 14.9. The number of anilines is 1. The van der Waals surface area contributed by atoms with Crippen LogP contribution in [-0.2, 0) is 11.3 Å². The van der Waals surface area contributed by atoms with Crippen molar-refractivity contribution in [1.29, 1.82) is 0 Å². The van der Waals surface area contributed by atoms with Crippen molar-refractivity contribution in [3.05, 3.63) is 59.7 Å². The third-order valence-corrected chi connectivity index (χ3v) is 4.61. The summed E-state index contributed by atoms with van der Waals surface area (Å²) in [6, 6.07) is 11.2. The Morgan fingerprint density at radius 1 is 1.11 bits per heavy atom.